The van der Waals surface area contributed by atoms with Gasteiger partial charge in [-0.1, -0.05) is 6.92 Å². The Balaban J connectivity index is 5.29. The normalized spacial score (nSPS) is 15.0. The molecule has 0 unspecified atom stereocenters. The molecule has 0 aromatic rings. The van der Waals surface area contributed by atoms with Crippen LogP contribution in [0.25, 0.3) is 4.98 Å². The minimum absolute atomic E-state index is 0.528. The highest BCUT2D eigenvalue weighted by Crippen LogP contribution is 2.19. The molecule has 0 aliphatic heterocycles. The number of carbonyl (C=O) groups is 2. The van der Waals surface area contributed by atoms with Crippen molar-refractivity contribution in [2.45, 2.75) is 39.1 Å². The average molecular weight is 310 g/mol. The summed E-state index contributed by atoms with van der Waals surface area (Å²) in [5.74, 6) is -5.51. The van der Waals surface area contributed by atoms with Gasteiger partial charge in [0.1, 0.15) is 6.04 Å². The number of nitrogens with zero attached hydrogens (tertiary/aromatic N) is 2. The van der Waals surface area contributed by atoms with Crippen LogP contribution >= 0.6 is 0 Å². The Bertz CT molecular complexity index is 468. The minimum Gasteiger partial charge on any atom is -0.505 e. The number of aliphatic hydroxyl groups excluding tert-OH is 1. The highest BCUT2D eigenvalue weighted by atomic mass is 19.4. The lowest BCUT2D eigenvalue weighted by atomic mass is 10.00. The maximum absolute atomic E-state index is 12.2. The molecule has 118 valence electrons. The number of hydrogen-bond donors (Lipinski definition) is 2. The summed E-state index contributed by atoms with van der Waals surface area (Å²) in [6, 6.07) is -1.79. The molecule has 0 radical (unpaired) electrons. The fourth-order valence-electron chi connectivity index (χ4n) is 1.26. The summed E-state index contributed by atoms with van der Waals surface area (Å²) in [4.78, 5) is 25.2. The van der Waals surface area contributed by atoms with Gasteiger partial charge in [-0.05, 0) is 13.8 Å². The zero-order valence-electron chi connectivity index (χ0n) is 11.5. The second-order valence-electron chi connectivity index (χ2n) is 4.39. The zero-order valence-corrected chi connectivity index (χ0v) is 11.5. The molecule has 0 saturated heterocycles. The van der Waals surface area contributed by atoms with Gasteiger partial charge in [0, 0.05) is 0 Å². The van der Waals surface area contributed by atoms with E-state index < -0.39 is 41.9 Å². The van der Waals surface area contributed by atoms with Crippen LogP contribution in [-0.4, -0.2) is 35.3 Å². The summed E-state index contributed by atoms with van der Waals surface area (Å²) in [6.45, 7) is 4.08. The number of hydrogen-bond acceptors (Lipinski definition) is 5. The van der Waals surface area contributed by atoms with Crippen LogP contribution in [0.2, 0.25) is 0 Å². The second-order valence-corrected chi connectivity index (χ2v) is 4.39. The van der Waals surface area contributed by atoms with Gasteiger partial charge in [-0.3, -0.25) is 4.79 Å². The lowest BCUT2D eigenvalue weighted by molar-refractivity contribution is -0.176. The smallest absolute Gasteiger partial charge is 0.471 e. The van der Waals surface area contributed by atoms with Crippen LogP contribution in [0, 0.1) is 11.3 Å². The lowest BCUT2D eigenvalue weighted by Gasteiger charge is -2.23. The summed E-state index contributed by atoms with van der Waals surface area (Å²) < 4.78 is 41.5. The Hall–Kier alpha value is -2.31. The number of amides is 1. The molecule has 21 heavy (non-hydrogen) atoms. The first-order valence-electron chi connectivity index (χ1n) is 5.82. The number of esters is 1. The fraction of sp³-hybridized carbons (Fsp3) is 0.636. The molecule has 2 N–H and O–H groups in total. The first kappa shape index (κ1) is 18.7. The predicted octanol–water partition coefficient (Wildman–Crippen LogP) is 1.87. The number of halogens is 3. The van der Waals surface area contributed by atoms with Crippen molar-refractivity contribution in [1.29, 1.82) is 5.39 Å². The Labute approximate surface area is 118 Å². The Morgan fingerprint density at radius 3 is 2.24 bits per heavy atom. The lowest BCUT2D eigenvalue weighted by Crippen LogP contribution is -2.51. The van der Waals surface area contributed by atoms with Gasteiger partial charge in [0.25, 0.3) is 0 Å². The molecular formula is C11H15F3N3O4+. The van der Waals surface area contributed by atoms with Crippen LogP contribution in [-0.2, 0) is 14.3 Å². The molecule has 0 aliphatic rings. The number of carbonyl (C=O) groups excluding carboxylic acids is 2. The molecule has 0 aromatic heterocycles. The summed E-state index contributed by atoms with van der Waals surface area (Å²) in [7, 11) is 0. The average Bonchev–Trinajstić information content (AvgIpc) is 2.32. The molecule has 0 aliphatic carbocycles. The van der Waals surface area contributed by atoms with Crippen LogP contribution < -0.4 is 5.32 Å². The number of ether oxygens (including phenoxy) is 1. The predicted molar refractivity (Wildman–Crippen MR) is 64.2 cm³/mol. The number of aliphatic hydroxyl groups is 1. The van der Waals surface area contributed by atoms with Crippen molar-refractivity contribution < 1.29 is 32.6 Å². The van der Waals surface area contributed by atoms with Crippen molar-refractivity contribution in [2.24, 2.45) is 5.92 Å². The van der Waals surface area contributed by atoms with Crippen LogP contribution in [0.15, 0.2) is 12.0 Å². The van der Waals surface area contributed by atoms with Crippen LogP contribution in [0.4, 0.5) is 13.2 Å². The molecule has 2 atom stereocenters. The summed E-state index contributed by atoms with van der Waals surface area (Å²) in [5, 5.41) is 19.2. The topological polar surface area (TPSA) is 104 Å². The third-order valence-electron chi connectivity index (χ3n) is 2.31. The largest absolute Gasteiger partial charge is 0.505 e. The maximum Gasteiger partial charge on any atom is 0.471 e. The number of nitrogens with one attached hydrogen (secondary N) is 1. The van der Waals surface area contributed by atoms with Crippen molar-refractivity contribution in [3.8, 4) is 0 Å². The van der Waals surface area contributed by atoms with E-state index >= 15 is 0 Å². The van der Waals surface area contributed by atoms with Crippen molar-refractivity contribution in [1.82, 2.24) is 5.32 Å². The molecule has 7 nitrogen and oxygen atoms in total. The quantitative estimate of drug-likeness (QED) is 0.458. The first-order chi connectivity index (χ1) is 9.50. The monoisotopic (exact) mass is 310 g/mol. The molecule has 0 bridgehead atoms. The van der Waals surface area contributed by atoms with Gasteiger partial charge in [-0.2, -0.15) is 13.2 Å². The Morgan fingerprint density at radius 1 is 1.33 bits per heavy atom. The van der Waals surface area contributed by atoms with Gasteiger partial charge in [0.15, 0.2) is 10.7 Å². The van der Waals surface area contributed by atoms with Crippen LogP contribution in [0.1, 0.15) is 20.8 Å². The van der Waals surface area contributed by atoms with E-state index in [0.717, 1.165) is 6.92 Å². The summed E-state index contributed by atoms with van der Waals surface area (Å²) in [5.41, 5.74) is 0. The fourth-order valence-corrected chi connectivity index (χ4v) is 1.26. The van der Waals surface area contributed by atoms with Gasteiger partial charge >= 0.3 is 24.3 Å². The molecule has 0 saturated carbocycles. The van der Waals surface area contributed by atoms with Gasteiger partial charge in [-0.15, -0.1) is 0 Å². The van der Waals surface area contributed by atoms with Crippen molar-refractivity contribution in [3.05, 3.63) is 16.9 Å². The minimum atomic E-state index is -5.20. The Morgan fingerprint density at radius 2 is 1.86 bits per heavy atom. The van der Waals surface area contributed by atoms with Gasteiger partial charge in [0.05, 0.1) is 12.0 Å². The van der Waals surface area contributed by atoms with Gasteiger partial charge in [-0.25, -0.2) is 4.79 Å². The standard InChI is InChI=1S/C11H14F3N3O4/c1-5(2)21-9(19)8(6(3)7(18)4-16-15)17-10(20)11(12,13)14/h4-6,8H,1-3H3,(H-,17,18,20)/p+1/b7-4+/t6-,8+/m1/s1. The highest BCUT2D eigenvalue weighted by molar-refractivity contribution is 5.88. The van der Waals surface area contributed by atoms with Gasteiger partial charge in [0.2, 0.25) is 5.39 Å². The molecule has 10 heteroatoms. The van der Waals surface area contributed by atoms with E-state index in [0.29, 0.717) is 6.20 Å². The molecule has 1 amide bonds. The number of rotatable bonds is 5. The van der Waals surface area contributed by atoms with E-state index in [-0.39, 0.29) is 0 Å². The summed E-state index contributed by atoms with van der Waals surface area (Å²) >= 11 is 0. The van der Waals surface area contributed by atoms with E-state index in [4.69, 9.17) is 10.1 Å². The van der Waals surface area contributed by atoms with Crippen LogP contribution in [0.5, 0.6) is 0 Å². The third-order valence-corrected chi connectivity index (χ3v) is 2.31. The van der Waals surface area contributed by atoms with Crippen molar-refractivity contribution in [2.75, 3.05) is 0 Å². The number of diazo groups is 1. The van der Waals surface area contributed by atoms with Gasteiger partial charge < -0.3 is 15.2 Å². The number of alkyl halides is 3. The molecule has 0 rings (SSSR count). The van der Waals surface area contributed by atoms with Crippen molar-refractivity contribution >= 4 is 11.9 Å². The third kappa shape index (κ3) is 6.11. The first-order valence-corrected chi connectivity index (χ1v) is 5.82. The van der Waals surface area contributed by atoms with E-state index in [1.165, 1.54) is 19.2 Å². The zero-order chi connectivity index (χ0) is 16.8. The maximum atomic E-state index is 12.2. The van der Waals surface area contributed by atoms with E-state index in [2.05, 4.69) is 4.98 Å². The van der Waals surface area contributed by atoms with E-state index in [1.807, 2.05) is 0 Å². The van der Waals surface area contributed by atoms with E-state index in [1.54, 1.807) is 0 Å². The Kier molecular flexibility index (Phi) is 6.65. The second kappa shape index (κ2) is 7.47. The molecule has 0 heterocycles. The molecule has 0 aromatic carbocycles. The van der Waals surface area contributed by atoms with E-state index in [9.17, 15) is 27.9 Å². The highest BCUT2D eigenvalue weighted by Gasteiger charge is 2.43. The molecular weight excluding hydrogens is 295 g/mol. The SMILES string of the molecule is CC(C)OC(=O)[C@@H](NC(=O)C(F)(F)F)[C@H](C)/C(O)=C\[N+]#N. The molecule has 0 fully saturated rings. The molecule has 0 spiro atoms. The summed E-state index contributed by atoms with van der Waals surface area (Å²) in [6.07, 6.45) is -5.31. The van der Waals surface area contributed by atoms with Crippen molar-refractivity contribution in [3.63, 3.8) is 0 Å². The van der Waals surface area contributed by atoms with Crippen LogP contribution in [0.3, 0.4) is 0 Å².